The summed E-state index contributed by atoms with van der Waals surface area (Å²) in [6.45, 7) is 0.789. The average Bonchev–Trinajstić information content (AvgIpc) is 2.61. The fourth-order valence-corrected chi connectivity index (χ4v) is 1.41. The summed E-state index contributed by atoms with van der Waals surface area (Å²) < 4.78 is 4.81. The van der Waals surface area contributed by atoms with Crippen LogP contribution in [-0.4, -0.2) is 28.6 Å². The van der Waals surface area contributed by atoms with Crippen molar-refractivity contribution in [2.45, 2.75) is 12.6 Å². The molecule has 0 N–H and O–H groups in total. The zero-order chi connectivity index (χ0) is 10.7. The fourth-order valence-electron chi connectivity index (χ4n) is 1.41. The van der Waals surface area contributed by atoms with Crippen LogP contribution in [0, 0.1) is 11.3 Å². The lowest BCUT2D eigenvalue weighted by Crippen LogP contribution is -2.24. The molecule has 1 aliphatic heterocycles. The van der Waals surface area contributed by atoms with Crippen LogP contribution in [-0.2, 0) is 11.3 Å². The highest BCUT2D eigenvalue weighted by Crippen LogP contribution is 2.13. The summed E-state index contributed by atoms with van der Waals surface area (Å²) in [6, 6.07) is 5.57. The Hall–Kier alpha value is -2.09. The van der Waals surface area contributed by atoms with Gasteiger partial charge in [-0.15, -0.1) is 0 Å². The maximum Gasteiger partial charge on any atom is 0.411 e. The molecule has 1 unspecified atom stereocenters. The van der Waals surface area contributed by atoms with Crippen LogP contribution in [0.1, 0.15) is 5.56 Å². The van der Waals surface area contributed by atoms with Gasteiger partial charge in [0.05, 0.1) is 6.54 Å². The third-order valence-corrected chi connectivity index (χ3v) is 2.15. The maximum atomic E-state index is 11.3. The third-order valence-electron chi connectivity index (χ3n) is 2.15. The SMILES string of the molecule is N#CC1CN(Cc2ccncc2)C(=O)O1. The van der Waals surface area contributed by atoms with E-state index < -0.39 is 12.2 Å². The maximum absolute atomic E-state index is 11.3. The highest BCUT2D eigenvalue weighted by atomic mass is 16.6. The van der Waals surface area contributed by atoms with E-state index >= 15 is 0 Å². The number of aromatic nitrogens is 1. The van der Waals surface area contributed by atoms with Crippen LogP contribution < -0.4 is 0 Å². The molecule has 0 aliphatic carbocycles. The summed E-state index contributed by atoms with van der Waals surface area (Å²) in [5.74, 6) is 0. The predicted octanol–water partition coefficient (Wildman–Crippen LogP) is 0.926. The number of hydrogen-bond acceptors (Lipinski definition) is 4. The minimum atomic E-state index is -0.640. The molecule has 1 aliphatic rings. The molecule has 5 nitrogen and oxygen atoms in total. The summed E-state index contributed by atoms with van der Waals surface area (Å²) in [5, 5.41) is 8.60. The molecule has 0 aromatic carbocycles. The van der Waals surface area contributed by atoms with E-state index in [-0.39, 0.29) is 0 Å². The second-order valence-electron chi connectivity index (χ2n) is 3.24. The molecular weight excluding hydrogens is 194 g/mol. The highest BCUT2D eigenvalue weighted by Gasteiger charge is 2.30. The van der Waals surface area contributed by atoms with Crippen molar-refractivity contribution in [2.24, 2.45) is 0 Å². The molecule has 1 fully saturated rings. The van der Waals surface area contributed by atoms with Gasteiger partial charge in [-0.1, -0.05) is 0 Å². The number of pyridine rings is 1. The van der Waals surface area contributed by atoms with E-state index in [9.17, 15) is 4.79 Å². The van der Waals surface area contributed by atoms with Crippen LogP contribution in [0.4, 0.5) is 4.79 Å². The fraction of sp³-hybridized carbons (Fsp3) is 0.300. The number of ether oxygens (including phenoxy) is 1. The molecule has 0 radical (unpaired) electrons. The molecule has 1 aromatic heterocycles. The van der Waals surface area contributed by atoms with Crippen LogP contribution in [0.25, 0.3) is 0 Å². The molecule has 2 heterocycles. The first-order chi connectivity index (χ1) is 7.29. The van der Waals surface area contributed by atoms with Gasteiger partial charge < -0.3 is 4.74 Å². The van der Waals surface area contributed by atoms with Gasteiger partial charge in [0.2, 0.25) is 6.10 Å². The second-order valence-corrected chi connectivity index (χ2v) is 3.24. The van der Waals surface area contributed by atoms with Crippen LogP contribution >= 0.6 is 0 Å². The van der Waals surface area contributed by atoms with Gasteiger partial charge in [-0.05, 0) is 17.7 Å². The molecule has 1 saturated heterocycles. The Morgan fingerprint density at radius 2 is 2.33 bits per heavy atom. The Labute approximate surface area is 86.9 Å². The van der Waals surface area contributed by atoms with Crippen LogP contribution in [0.5, 0.6) is 0 Å². The number of carbonyl (C=O) groups is 1. The van der Waals surface area contributed by atoms with Crippen LogP contribution in [0.2, 0.25) is 0 Å². The van der Waals surface area contributed by atoms with Crippen molar-refractivity contribution in [2.75, 3.05) is 6.54 Å². The third kappa shape index (κ3) is 2.05. The molecule has 1 atom stereocenters. The Bertz CT molecular complexity index is 399. The largest absolute Gasteiger partial charge is 0.429 e. The van der Waals surface area contributed by atoms with Crippen molar-refractivity contribution >= 4 is 6.09 Å². The molecule has 76 valence electrons. The predicted molar refractivity (Wildman–Crippen MR) is 50.5 cm³/mol. The first kappa shape index (κ1) is 9.46. The number of nitrogens with zero attached hydrogens (tertiary/aromatic N) is 3. The molecule has 5 heteroatoms. The highest BCUT2D eigenvalue weighted by molar-refractivity contribution is 5.70. The zero-order valence-corrected chi connectivity index (χ0v) is 7.96. The zero-order valence-electron chi connectivity index (χ0n) is 7.96. The van der Waals surface area contributed by atoms with Crippen molar-refractivity contribution in [3.63, 3.8) is 0 Å². The molecule has 0 saturated carbocycles. The Morgan fingerprint density at radius 1 is 1.60 bits per heavy atom. The number of nitriles is 1. The van der Waals surface area contributed by atoms with Gasteiger partial charge >= 0.3 is 6.09 Å². The van der Waals surface area contributed by atoms with E-state index in [4.69, 9.17) is 10.00 Å². The number of rotatable bonds is 2. The molecule has 0 spiro atoms. The molecule has 1 aromatic rings. The number of amides is 1. The summed E-state index contributed by atoms with van der Waals surface area (Å²) in [7, 11) is 0. The summed E-state index contributed by atoms with van der Waals surface area (Å²) in [6.07, 6.45) is 2.26. The molecule has 1 amide bonds. The van der Waals surface area contributed by atoms with E-state index in [1.165, 1.54) is 4.90 Å². The van der Waals surface area contributed by atoms with E-state index in [0.717, 1.165) is 5.56 Å². The van der Waals surface area contributed by atoms with E-state index in [1.807, 2.05) is 18.2 Å². The Balaban J connectivity index is 2.02. The molecule has 0 bridgehead atoms. The van der Waals surface area contributed by atoms with Gasteiger partial charge in [-0.25, -0.2) is 4.79 Å². The van der Waals surface area contributed by atoms with E-state index in [2.05, 4.69) is 4.98 Å². The molecule has 2 rings (SSSR count). The van der Waals surface area contributed by atoms with E-state index in [0.29, 0.717) is 13.1 Å². The molecular formula is C10H9N3O2. The number of cyclic esters (lactones) is 1. The number of hydrogen-bond donors (Lipinski definition) is 0. The van der Waals surface area contributed by atoms with Crippen LogP contribution in [0.3, 0.4) is 0 Å². The average molecular weight is 203 g/mol. The van der Waals surface area contributed by atoms with Gasteiger partial charge in [0.25, 0.3) is 0 Å². The van der Waals surface area contributed by atoms with Crippen molar-refractivity contribution in [3.05, 3.63) is 30.1 Å². The lowest BCUT2D eigenvalue weighted by molar-refractivity contribution is 0.146. The van der Waals surface area contributed by atoms with Crippen molar-refractivity contribution in [1.82, 2.24) is 9.88 Å². The van der Waals surface area contributed by atoms with Gasteiger partial charge in [0.15, 0.2) is 0 Å². The minimum Gasteiger partial charge on any atom is -0.429 e. The minimum absolute atomic E-state index is 0.331. The van der Waals surface area contributed by atoms with Gasteiger partial charge in [0, 0.05) is 18.9 Å². The first-order valence-corrected chi connectivity index (χ1v) is 4.53. The van der Waals surface area contributed by atoms with Gasteiger partial charge in [-0.2, -0.15) is 5.26 Å². The Morgan fingerprint density at radius 3 is 2.93 bits per heavy atom. The quantitative estimate of drug-likeness (QED) is 0.717. The second kappa shape index (κ2) is 3.96. The van der Waals surface area contributed by atoms with Crippen LogP contribution in [0.15, 0.2) is 24.5 Å². The molecule has 15 heavy (non-hydrogen) atoms. The monoisotopic (exact) mass is 203 g/mol. The summed E-state index contributed by atoms with van der Waals surface area (Å²) in [4.78, 5) is 16.7. The Kier molecular flexibility index (Phi) is 2.50. The van der Waals surface area contributed by atoms with E-state index in [1.54, 1.807) is 12.4 Å². The number of carbonyl (C=O) groups excluding carboxylic acids is 1. The lowest BCUT2D eigenvalue weighted by Gasteiger charge is -2.11. The summed E-state index contributed by atoms with van der Waals surface area (Å²) in [5.41, 5.74) is 0.973. The summed E-state index contributed by atoms with van der Waals surface area (Å²) >= 11 is 0. The van der Waals surface area contributed by atoms with Crippen molar-refractivity contribution in [1.29, 1.82) is 5.26 Å². The van der Waals surface area contributed by atoms with Gasteiger partial charge in [0.1, 0.15) is 6.07 Å². The standard InChI is InChI=1S/C10H9N3O2/c11-5-9-7-13(10(14)15-9)6-8-1-3-12-4-2-8/h1-4,9H,6-7H2. The normalized spacial score (nSPS) is 19.8. The van der Waals surface area contributed by atoms with Crippen molar-refractivity contribution in [3.8, 4) is 6.07 Å². The topological polar surface area (TPSA) is 66.2 Å². The van der Waals surface area contributed by atoms with Crippen molar-refractivity contribution < 1.29 is 9.53 Å². The smallest absolute Gasteiger partial charge is 0.411 e. The lowest BCUT2D eigenvalue weighted by atomic mass is 10.2. The van der Waals surface area contributed by atoms with Gasteiger partial charge in [-0.3, -0.25) is 9.88 Å². The first-order valence-electron chi connectivity index (χ1n) is 4.53.